The van der Waals surface area contributed by atoms with Gasteiger partial charge in [0.15, 0.2) is 0 Å². The summed E-state index contributed by atoms with van der Waals surface area (Å²) >= 11 is 0. The zero-order chi connectivity index (χ0) is 15.2. The molecule has 21 heavy (non-hydrogen) atoms. The van der Waals surface area contributed by atoms with E-state index in [9.17, 15) is 14.7 Å². The number of aromatic carboxylic acids is 1. The molecule has 1 aromatic rings. The van der Waals surface area contributed by atoms with E-state index < -0.39 is 5.97 Å². The molecule has 114 valence electrons. The van der Waals surface area contributed by atoms with E-state index in [1.807, 2.05) is 19.1 Å². The van der Waals surface area contributed by atoms with Gasteiger partial charge in [-0.15, -0.1) is 0 Å². The van der Waals surface area contributed by atoms with E-state index in [-0.39, 0.29) is 17.5 Å². The molecule has 0 saturated carbocycles. The molecule has 0 spiro atoms. The summed E-state index contributed by atoms with van der Waals surface area (Å²) in [7, 11) is 0. The number of carboxylic acids is 1. The van der Waals surface area contributed by atoms with Crippen LogP contribution in [-0.4, -0.2) is 31.6 Å². The quantitative estimate of drug-likeness (QED) is 0.736. The van der Waals surface area contributed by atoms with Crippen molar-refractivity contribution in [2.75, 3.05) is 19.7 Å². The predicted molar refractivity (Wildman–Crippen MR) is 74.5 cm³/mol. The van der Waals surface area contributed by atoms with E-state index in [4.69, 9.17) is 4.74 Å². The maximum Gasteiger partial charge on any atom is 0.309 e. The van der Waals surface area contributed by atoms with Gasteiger partial charge < -0.3 is 19.5 Å². The Morgan fingerprint density at radius 2 is 1.86 bits per heavy atom. The summed E-state index contributed by atoms with van der Waals surface area (Å²) in [6.45, 7) is 4.99. The molecule has 1 saturated heterocycles. The lowest BCUT2D eigenvalue weighted by molar-refractivity contribution is -0.919. The highest BCUT2D eigenvalue weighted by atomic mass is 16.5. The van der Waals surface area contributed by atoms with Gasteiger partial charge in [0.1, 0.15) is 6.54 Å². The van der Waals surface area contributed by atoms with Crippen LogP contribution in [0.5, 0.6) is 0 Å². The van der Waals surface area contributed by atoms with Crippen molar-refractivity contribution >= 4 is 11.9 Å². The minimum Gasteiger partial charge on any atom is -0.545 e. The largest absolute Gasteiger partial charge is 0.545 e. The van der Waals surface area contributed by atoms with Crippen molar-refractivity contribution in [1.29, 1.82) is 0 Å². The van der Waals surface area contributed by atoms with Crippen molar-refractivity contribution in [2.24, 2.45) is 5.92 Å². The van der Waals surface area contributed by atoms with Crippen molar-refractivity contribution in [3.8, 4) is 0 Å². The maximum atomic E-state index is 11.7. The highest BCUT2D eigenvalue weighted by Crippen LogP contribution is 2.12. The van der Waals surface area contributed by atoms with Gasteiger partial charge in [0.2, 0.25) is 0 Å². The number of hydrogen-bond acceptors (Lipinski definition) is 4. The number of benzene rings is 1. The fourth-order valence-corrected chi connectivity index (χ4v) is 2.75. The lowest BCUT2D eigenvalue weighted by atomic mass is 9.96. The second-order valence-electron chi connectivity index (χ2n) is 5.44. The van der Waals surface area contributed by atoms with E-state index in [1.54, 1.807) is 12.1 Å². The molecule has 0 aliphatic carbocycles. The van der Waals surface area contributed by atoms with Crippen molar-refractivity contribution in [2.45, 2.75) is 26.3 Å². The summed E-state index contributed by atoms with van der Waals surface area (Å²) < 4.78 is 5.06. The molecule has 1 heterocycles. The zero-order valence-corrected chi connectivity index (χ0v) is 12.3. The molecule has 0 amide bonds. The Morgan fingerprint density at radius 1 is 1.24 bits per heavy atom. The van der Waals surface area contributed by atoms with Gasteiger partial charge in [0.05, 0.1) is 31.6 Å². The summed E-state index contributed by atoms with van der Waals surface area (Å²) in [6.07, 6.45) is 1.70. The van der Waals surface area contributed by atoms with E-state index in [0.29, 0.717) is 6.61 Å². The van der Waals surface area contributed by atoms with Crippen molar-refractivity contribution in [1.82, 2.24) is 0 Å². The number of hydrogen-bond donors (Lipinski definition) is 1. The fraction of sp³-hybridized carbons (Fsp3) is 0.500. The first-order valence-electron chi connectivity index (χ1n) is 7.40. The number of carboxylic acid groups (broad SMARTS) is 1. The van der Waals surface area contributed by atoms with Gasteiger partial charge in [-0.05, 0) is 12.5 Å². The summed E-state index contributed by atoms with van der Waals surface area (Å²) in [5.74, 6) is -1.19. The molecule has 1 aliphatic rings. The fourth-order valence-electron chi connectivity index (χ4n) is 2.75. The first kappa shape index (κ1) is 15.5. The minimum absolute atomic E-state index is 0.0363. The van der Waals surface area contributed by atoms with Crippen LogP contribution in [0.25, 0.3) is 0 Å². The molecule has 1 aliphatic heterocycles. The Labute approximate surface area is 124 Å². The normalized spacial score (nSPS) is 21.8. The van der Waals surface area contributed by atoms with Crippen LogP contribution in [0.1, 0.15) is 35.7 Å². The number of nitrogens with one attached hydrogen (secondary N) is 1. The third-order valence-corrected chi connectivity index (χ3v) is 3.96. The molecule has 1 N–H and O–H groups in total. The average molecular weight is 291 g/mol. The van der Waals surface area contributed by atoms with Crippen LogP contribution in [0, 0.1) is 5.92 Å². The summed E-state index contributed by atoms with van der Waals surface area (Å²) in [4.78, 5) is 23.8. The van der Waals surface area contributed by atoms with Gasteiger partial charge in [-0.1, -0.05) is 24.3 Å². The topological polar surface area (TPSA) is 70.9 Å². The molecule has 0 atom stereocenters. The molecule has 1 fully saturated rings. The number of likely N-dealkylation sites (tertiary alicyclic amines) is 1. The van der Waals surface area contributed by atoms with Crippen molar-refractivity contribution in [3.63, 3.8) is 0 Å². The SMILES string of the molecule is CCOC(=O)C1CC[NH+](Cc2ccc(C(=O)[O-])cc2)CC1. The first-order valence-corrected chi connectivity index (χ1v) is 7.40. The zero-order valence-electron chi connectivity index (χ0n) is 12.3. The van der Waals surface area contributed by atoms with Crippen molar-refractivity contribution < 1.29 is 24.3 Å². The molecule has 1 aromatic carbocycles. The average Bonchev–Trinajstić information content (AvgIpc) is 2.49. The second-order valence-corrected chi connectivity index (χ2v) is 5.44. The summed E-state index contributed by atoms with van der Waals surface area (Å²) in [5, 5.41) is 10.7. The number of rotatable bonds is 5. The molecule has 0 unspecified atom stereocenters. The lowest BCUT2D eigenvalue weighted by Gasteiger charge is -2.28. The lowest BCUT2D eigenvalue weighted by Crippen LogP contribution is -3.11. The van der Waals surface area contributed by atoms with Gasteiger partial charge in [0.25, 0.3) is 0 Å². The third-order valence-electron chi connectivity index (χ3n) is 3.96. The van der Waals surface area contributed by atoms with Crippen LogP contribution in [0.4, 0.5) is 0 Å². The van der Waals surface area contributed by atoms with Gasteiger partial charge in [0, 0.05) is 18.4 Å². The molecule has 5 heteroatoms. The molecular formula is C16H21NO4. The second kappa shape index (κ2) is 7.22. The molecule has 2 rings (SSSR count). The first-order chi connectivity index (χ1) is 10.1. The van der Waals surface area contributed by atoms with E-state index >= 15 is 0 Å². The molecule has 0 aromatic heterocycles. The summed E-state index contributed by atoms with van der Waals surface area (Å²) in [6, 6.07) is 6.82. The van der Waals surface area contributed by atoms with Crippen LogP contribution in [-0.2, 0) is 16.1 Å². The molecular weight excluding hydrogens is 270 g/mol. The van der Waals surface area contributed by atoms with Gasteiger partial charge in [-0.2, -0.15) is 0 Å². The smallest absolute Gasteiger partial charge is 0.309 e. The minimum atomic E-state index is -1.15. The number of piperidine rings is 1. The monoisotopic (exact) mass is 291 g/mol. The van der Waals surface area contributed by atoms with Crippen LogP contribution in [0.15, 0.2) is 24.3 Å². The van der Waals surface area contributed by atoms with Crippen LogP contribution in [0.3, 0.4) is 0 Å². The Morgan fingerprint density at radius 3 is 2.38 bits per heavy atom. The number of carbonyl (C=O) groups excluding carboxylic acids is 2. The van der Waals surface area contributed by atoms with E-state index in [1.165, 1.54) is 4.90 Å². The Balaban J connectivity index is 1.83. The van der Waals surface area contributed by atoms with Crippen LogP contribution < -0.4 is 10.0 Å². The standard InChI is InChI=1S/C16H21NO4/c1-2-21-16(20)14-7-9-17(10-8-14)11-12-3-5-13(6-4-12)15(18)19/h3-6,14H,2,7-11H2,1H3,(H,18,19). The van der Waals surface area contributed by atoms with Gasteiger partial charge >= 0.3 is 5.97 Å². The Kier molecular flexibility index (Phi) is 5.33. The van der Waals surface area contributed by atoms with E-state index in [2.05, 4.69) is 0 Å². The van der Waals surface area contributed by atoms with Crippen molar-refractivity contribution in [3.05, 3.63) is 35.4 Å². The highest BCUT2D eigenvalue weighted by molar-refractivity contribution is 5.85. The maximum absolute atomic E-state index is 11.7. The Bertz CT molecular complexity index is 490. The highest BCUT2D eigenvalue weighted by Gasteiger charge is 2.28. The number of esters is 1. The Hall–Kier alpha value is -1.88. The molecule has 0 radical (unpaired) electrons. The van der Waals surface area contributed by atoms with Crippen LogP contribution in [0.2, 0.25) is 0 Å². The number of ether oxygens (including phenoxy) is 1. The third kappa shape index (κ3) is 4.29. The van der Waals surface area contributed by atoms with Crippen LogP contribution >= 0.6 is 0 Å². The molecule has 5 nitrogen and oxygen atoms in total. The van der Waals surface area contributed by atoms with Gasteiger partial charge in [-0.25, -0.2) is 0 Å². The predicted octanol–water partition coefficient (Wildman–Crippen LogP) is -0.592. The van der Waals surface area contributed by atoms with E-state index in [0.717, 1.165) is 38.0 Å². The summed E-state index contributed by atoms with van der Waals surface area (Å²) in [5.41, 5.74) is 1.30. The molecule has 0 bridgehead atoms. The van der Waals surface area contributed by atoms with Gasteiger partial charge in [-0.3, -0.25) is 4.79 Å². The number of carbonyl (C=O) groups is 2. The number of quaternary nitrogens is 1.